The van der Waals surface area contributed by atoms with Crippen LogP contribution in [0.5, 0.6) is 0 Å². The molecule has 0 aliphatic carbocycles. The van der Waals surface area contributed by atoms with Gasteiger partial charge in [-0.15, -0.1) is 0 Å². The van der Waals surface area contributed by atoms with E-state index in [1.54, 1.807) is 7.11 Å². The first-order valence-electron chi connectivity index (χ1n) is 3.00. The highest BCUT2D eigenvalue weighted by atomic mass is 16.5. The van der Waals surface area contributed by atoms with Crippen molar-refractivity contribution in [3.05, 3.63) is 6.33 Å². The van der Waals surface area contributed by atoms with E-state index in [0.29, 0.717) is 12.7 Å². The Labute approximate surface area is 63.8 Å². The van der Waals surface area contributed by atoms with Gasteiger partial charge < -0.3 is 15.8 Å². The van der Waals surface area contributed by atoms with Crippen molar-refractivity contribution in [1.82, 2.24) is 15.0 Å². The highest BCUT2D eigenvalue weighted by Crippen LogP contribution is 1.95. The maximum Gasteiger partial charge on any atom is 0.229 e. The predicted molar refractivity (Wildman–Crippen MR) is 39.7 cm³/mol. The third-order valence-corrected chi connectivity index (χ3v) is 0.965. The second-order valence-electron chi connectivity index (χ2n) is 1.78. The Morgan fingerprint density at radius 2 is 2.45 bits per heavy atom. The zero-order chi connectivity index (χ0) is 8.10. The number of anilines is 2. The molecule has 0 saturated heterocycles. The van der Waals surface area contributed by atoms with Crippen LogP contribution in [0.3, 0.4) is 0 Å². The van der Waals surface area contributed by atoms with Gasteiger partial charge in [0.25, 0.3) is 0 Å². The van der Waals surface area contributed by atoms with Gasteiger partial charge in [0.05, 0.1) is 0 Å². The van der Waals surface area contributed by atoms with E-state index in [1.807, 2.05) is 0 Å². The van der Waals surface area contributed by atoms with Crippen LogP contribution in [0.15, 0.2) is 6.33 Å². The average molecular weight is 155 g/mol. The average Bonchev–Trinajstić information content (AvgIpc) is 2.01. The Bertz CT molecular complexity index is 228. The van der Waals surface area contributed by atoms with Gasteiger partial charge in [-0.25, -0.2) is 9.97 Å². The smallest absolute Gasteiger partial charge is 0.229 e. The first kappa shape index (κ1) is 7.67. The molecule has 11 heavy (non-hydrogen) atoms. The highest BCUT2D eigenvalue weighted by molar-refractivity contribution is 5.27. The van der Waals surface area contributed by atoms with Crippen molar-refractivity contribution >= 4 is 11.9 Å². The summed E-state index contributed by atoms with van der Waals surface area (Å²) in [4.78, 5) is 11.2. The summed E-state index contributed by atoms with van der Waals surface area (Å²) in [6.45, 7) is 0.351. The van der Waals surface area contributed by atoms with Crippen molar-refractivity contribution in [3.63, 3.8) is 0 Å². The zero-order valence-corrected chi connectivity index (χ0v) is 6.11. The lowest BCUT2D eigenvalue weighted by Gasteiger charge is -2.01. The van der Waals surface area contributed by atoms with Crippen LogP contribution in [0.25, 0.3) is 0 Å². The van der Waals surface area contributed by atoms with Crippen LogP contribution in [0.2, 0.25) is 0 Å². The number of nitrogen functional groups attached to an aromatic ring is 1. The lowest BCUT2D eigenvalue weighted by molar-refractivity contribution is 0.220. The molecule has 1 aromatic rings. The minimum Gasteiger partial charge on any atom is -0.368 e. The normalized spacial score (nSPS) is 9.55. The SMILES string of the molecule is COCNc1ncnc(N)n1. The van der Waals surface area contributed by atoms with E-state index in [9.17, 15) is 0 Å². The molecule has 0 spiro atoms. The fraction of sp³-hybridized carbons (Fsp3) is 0.400. The number of ether oxygens (including phenoxy) is 1. The molecule has 60 valence electrons. The van der Waals surface area contributed by atoms with Crippen molar-refractivity contribution in [3.8, 4) is 0 Å². The summed E-state index contributed by atoms with van der Waals surface area (Å²) in [5, 5.41) is 2.77. The number of nitrogens with two attached hydrogens (primary N) is 1. The Balaban J connectivity index is 2.56. The van der Waals surface area contributed by atoms with Crippen LogP contribution in [-0.2, 0) is 4.74 Å². The molecular weight excluding hydrogens is 146 g/mol. The number of nitrogens with one attached hydrogen (secondary N) is 1. The van der Waals surface area contributed by atoms with E-state index < -0.39 is 0 Å². The summed E-state index contributed by atoms with van der Waals surface area (Å²) in [6, 6.07) is 0. The van der Waals surface area contributed by atoms with Crippen LogP contribution in [0.4, 0.5) is 11.9 Å². The summed E-state index contributed by atoms with van der Waals surface area (Å²) in [5.41, 5.74) is 5.29. The van der Waals surface area contributed by atoms with E-state index >= 15 is 0 Å². The van der Waals surface area contributed by atoms with Gasteiger partial charge in [0.1, 0.15) is 13.1 Å². The van der Waals surface area contributed by atoms with Crippen LogP contribution in [0.1, 0.15) is 0 Å². The molecule has 6 nitrogen and oxygen atoms in total. The van der Waals surface area contributed by atoms with Gasteiger partial charge in [-0.2, -0.15) is 4.98 Å². The molecule has 0 unspecified atom stereocenters. The molecule has 0 aromatic carbocycles. The third kappa shape index (κ3) is 2.34. The molecule has 0 radical (unpaired) electrons. The highest BCUT2D eigenvalue weighted by Gasteiger charge is 1.93. The van der Waals surface area contributed by atoms with E-state index in [2.05, 4.69) is 20.3 Å². The molecule has 0 atom stereocenters. The van der Waals surface area contributed by atoms with Crippen LogP contribution < -0.4 is 11.1 Å². The lowest BCUT2D eigenvalue weighted by Crippen LogP contribution is -2.08. The Morgan fingerprint density at radius 3 is 3.09 bits per heavy atom. The molecule has 0 fully saturated rings. The fourth-order valence-electron chi connectivity index (χ4n) is 0.531. The minimum atomic E-state index is 0.193. The summed E-state index contributed by atoms with van der Waals surface area (Å²) in [5.74, 6) is 0.609. The summed E-state index contributed by atoms with van der Waals surface area (Å²) >= 11 is 0. The Morgan fingerprint density at radius 1 is 1.64 bits per heavy atom. The van der Waals surface area contributed by atoms with Crippen molar-refractivity contribution in [2.24, 2.45) is 0 Å². The second-order valence-corrected chi connectivity index (χ2v) is 1.78. The van der Waals surface area contributed by atoms with Crippen molar-refractivity contribution < 1.29 is 4.74 Å². The molecule has 0 aliphatic heterocycles. The van der Waals surface area contributed by atoms with Gasteiger partial charge >= 0.3 is 0 Å². The summed E-state index contributed by atoms with van der Waals surface area (Å²) in [6.07, 6.45) is 1.33. The lowest BCUT2D eigenvalue weighted by atomic mass is 10.8. The van der Waals surface area contributed by atoms with Gasteiger partial charge in [0.15, 0.2) is 0 Å². The Hall–Kier alpha value is -1.43. The predicted octanol–water partition coefficient (Wildman–Crippen LogP) is -0.530. The van der Waals surface area contributed by atoms with E-state index in [1.165, 1.54) is 6.33 Å². The molecule has 0 amide bonds. The van der Waals surface area contributed by atoms with Crippen LogP contribution in [-0.4, -0.2) is 28.8 Å². The molecule has 3 N–H and O–H groups in total. The van der Waals surface area contributed by atoms with Crippen molar-refractivity contribution in [2.75, 3.05) is 24.9 Å². The number of rotatable bonds is 3. The second kappa shape index (κ2) is 3.67. The van der Waals surface area contributed by atoms with Gasteiger partial charge in [-0.1, -0.05) is 0 Å². The molecule has 0 bridgehead atoms. The molecule has 0 aliphatic rings. The van der Waals surface area contributed by atoms with Gasteiger partial charge in [-0.05, 0) is 0 Å². The number of hydrogen-bond acceptors (Lipinski definition) is 6. The van der Waals surface area contributed by atoms with Gasteiger partial charge in [-0.3, -0.25) is 0 Å². The monoisotopic (exact) mass is 155 g/mol. The van der Waals surface area contributed by atoms with E-state index in [-0.39, 0.29) is 5.95 Å². The zero-order valence-electron chi connectivity index (χ0n) is 6.11. The minimum absolute atomic E-state index is 0.193. The van der Waals surface area contributed by atoms with Gasteiger partial charge in [0.2, 0.25) is 11.9 Å². The van der Waals surface area contributed by atoms with Crippen molar-refractivity contribution in [1.29, 1.82) is 0 Å². The quantitative estimate of drug-likeness (QED) is 0.570. The largest absolute Gasteiger partial charge is 0.368 e. The summed E-state index contributed by atoms with van der Waals surface area (Å²) in [7, 11) is 1.57. The maximum absolute atomic E-state index is 5.29. The van der Waals surface area contributed by atoms with Crippen LogP contribution >= 0.6 is 0 Å². The molecule has 1 aromatic heterocycles. The number of methoxy groups -OCH3 is 1. The van der Waals surface area contributed by atoms with E-state index in [0.717, 1.165) is 0 Å². The van der Waals surface area contributed by atoms with E-state index in [4.69, 9.17) is 10.5 Å². The molecule has 1 heterocycles. The van der Waals surface area contributed by atoms with Crippen molar-refractivity contribution in [2.45, 2.75) is 0 Å². The number of nitrogens with zero attached hydrogens (tertiary/aromatic N) is 3. The molecule has 6 heteroatoms. The summed E-state index contributed by atoms with van der Waals surface area (Å²) < 4.78 is 4.73. The molecular formula is C5H9N5O. The topological polar surface area (TPSA) is 86.0 Å². The first-order chi connectivity index (χ1) is 5.33. The molecule has 0 saturated carbocycles. The fourth-order valence-corrected chi connectivity index (χ4v) is 0.531. The number of aromatic nitrogens is 3. The first-order valence-corrected chi connectivity index (χ1v) is 3.00. The molecule has 1 rings (SSSR count). The Kier molecular flexibility index (Phi) is 2.56. The van der Waals surface area contributed by atoms with Crippen LogP contribution in [0, 0.1) is 0 Å². The third-order valence-electron chi connectivity index (χ3n) is 0.965. The van der Waals surface area contributed by atoms with Gasteiger partial charge in [0, 0.05) is 7.11 Å². The standard InChI is InChI=1S/C5H9N5O/c1-11-3-9-5-8-2-7-4(6)10-5/h2H,3H2,1H3,(H3,6,7,8,9,10). The maximum atomic E-state index is 5.29. The number of hydrogen-bond donors (Lipinski definition) is 2.